The first kappa shape index (κ1) is 13.1. The molecule has 1 heterocycles. The van der Waals surface area contributed by atoms with Crippen LogP contribution in [0.4, 0.5) is 0 Å². The Morgan fingerprint density at radius 1 is 1.32 bits per heavy atom. The monoisotopic (exact) mass is 261 g/mol. The molecule has 19 heavy (non-hydrogen) atoms. The van der Waals surface area contributed by atoms with E-state index >= 15 is 0 Å². The summed E-state index contributed by atoms with van der Waals surface area (Å²) in [7, 11) is 0. The number of hydrogen-bond acceptors (Lipinski definition) is 4. The SMILES string of the molecule is CCOc1ccc2nc(C)cc(OCC(=O)O)c2c1. The zero-order valence-electron chi connectivity index (χ0n) is 10.8. The molecule has 0 radical (unpaired) electrons. The minimum absolute atomic E-state index is 0.378. The molecule has 1 N–H and O–H groups in total. The second-order valence-electron chi connectivity index (χ2n) is 4.06. The minimum Gasteiger partial charge on any atom is -0.494 e. The van der Waals surface area contributed by atoms with Crippen LogP contribution in [0.1, 0.15) is 12.6 Å². The van der Waals surface area contributed by atoms with Crippen molar-refractivity contribution in [2.75, 3.05) is 13.2 Å². The van der Waals surface area contributed by atoms with E-state index in [4.69, 9.17) is 14.6 Å². The summed E-state index contributed by atoms with van der Waals surface area (Å²) in [6.45, 7) is 3.93. The number of rotatable bonds is 5. The standard InChI is InChI=1S/C14H15NO4/c1-3-18-10-4-5-12-11(7-10)13(6-9(2)15-12)19-8-14(16)17/h4-7H,3,8H2,1-2H3,(H,16,17). The summed E-state index contributed by atoms with van der Waals surface area (Å²) in [5.41, 5.74) is 1.53. The summed E-state index contributed by atoms with van der Waals surface area (Å²) in [5, 5.41) is 9.44. The highest BCUT2D eigenvalue weighted by atomic mass is 16.5. The number of benzene rings is 1. The third-order valence-electron chi connectivity index (χ3n) is 2.53. The number of aliphatic carboxylic acids is 1. The summed E-state index contributed by atoms with van der Waals surface area (Å²) >= 11 is 0. The first-order valence-electron chi connectivity index (χ1n) is 5.99. The van der Waals surface area contributed by atoms with Crippen LogP contribution >= 0.6 is 0 Å². The molecule has 2 rings (SSSR count). The van der Waals surface area contributed by atoms with E-state index < -0.39 is 5.97 Å². The lowest BCUT2D eigenvalue weighted by Crippen LogP contribution is -2.10. The van der Waals surface area contributed by atoms with Crippen molar-refractivity contribution in [3.63, 3.8) is 0 Å². The number of fused-ring (bicyclic) bond motifs is 1. The van der Waals surface area contributed by atoms with E-state index in [9.17, 15) is 4.79 Å². The van der Waals surface area contributed by atoms with E-state index in [-0.39, 0.29) is 6.61 Å². The Bertz CT molecular complexity index is 610. The number of hydrogen-bond donors (Lipinski definition) is 1. The van der Waals surface area contributed by atoms with Gasteiger partial charge in [-0.15, -0.1) is 0 Å². The van der Waals surface area contributed by atoms with Crippen LogP contribution < -0.4 is 9.47 Å². The maximum atomic E-state index is 10.6. The van der Waals surface area contributed by atoms with Crippen molar-refractivity contribution in [1.82, 2.24) is 4.98 Å². The number of ether oxygens (including phenoxy) is 2. The van der Waals surface area contributed by atoms with Gasteiger partial charge in [0, 0.05) is 17.1 Å². The predicted molar refractivity (Wildman–Crippen MR) is 70.8 cm³/mol. The number of aryl methyl sites for hydroxylation is 1. The van der Waals surface area contributed by atoms with Gasteiger partial charge in [-0.05, 0) is 32.0 Å². The second kappa shape index (κ2) is 5.56. The predicted octanol–water partition coefficient (Wildman–Crippen LogP) is 2.41. The Morgan fingerprint density at radius 3 is 2.79 bits per heavy atom. The van der Waals surface area contributed by atoms with Crippen molar-refractivity contribution in [2.24, 2.45) is 0 Å². The van der Waals surface area contributed by atoms with Crippen molar-refractivity contribution in [1.29, 1.82) is 0 Å². The molecule has 0 spiro atoms. The number of pyridine rings is 1. The van der Waals surface area contributed by atoms with Crippen molar-refractivity contribution in [3.8, 4) is 11.5 Å². The molecule has 0 saturated heterocycles. The van der Waals surface area contributed by atoms with Crippen molar-refractivity contribution < 1.29 is 19.4 Å². The lowest BCUT2D eigenvalue weighted by atomic mass is 10.1. The van der Waals surface area contributed by atoms with Crippen LogP contribution in [-0.2, 0) is 4.79 Å². The molecule has 0 unspecified atom stereocenters. The number of carboxylic acids is 1. The fourth-order valence-corrected chi connectivity index (χ4v) is 1.82. The third kappa shape index (κ3) is 3.13. The maximum Gasteiger partial charge on any atom is 0.341 e. The minimum atomic E-state index is -1.01. The third-order valence-corrected chi connectivity index (χ3v) is 2.53. The summed E-state index contributed by atoms with van der Waals surface area (Å²) < 4.78 is 10.7. The Labute approximate surface area is 110 Å². The van der Waals surface area contributed by atoms with Gasteiger partial charge in [-0.3, -0.25) is 4.98 Å². The average Bonchev–Trinajstić information content (AvgIpc) is 2.36. The first-order valence-corrected chi connectivity index (χ1v) is 5.99. The van der Waals surface area contributed by atoms with E-state index in [2.05, 4.69) is 4.98 Å². The summed E-state index contributed by atoms with van der Waals surface area (Å²) in [6.07, 6.45) is 0. The highest BCUT2D eigenvalue weighted by molar-refractivity contribution is 5.87. The average molecular weight is 261 g/mol. The molecule has 0 saturated carbocycles. The van der Waals surface area contributed by atoms with Gasteiger partial charge in [0.05, 0.1) is 12.1 Å². The highest BCUT2D eigenvalue weighted by Crippen LogP contribution is 2.29. The van der Waals surface area contributed by atoms with Gasteiger partial charge in [0.25, 0.3) is 0 Å². The van der Waals surface area contributed by atoms with Crippen molar-refractivity contribution >= 4 is 16.9 Å². The van der Waals surface area contributed by atoms with Gasteiger partial charge in [0.15, 0.2) is 6.61 Å². The van der Waals surface area contributed by atoms with Crippen molar-refractivity contribution in [3.05, 3.63) is 30.0 Å². The van der Waals surface area contributed by atoms with Gasteiger partial charge in [-0.2, -0.15) is 0 Å². The summed E-state index contributed by atoms with van der Waals surface area (Å²) in [6, 6.07) is 7.20. The van der Waals surface area contributed by atoms with Crippen LogP contribution in [0.15, 0.2) is 24.3 Å². The van der Waals surface area contributed by atoms with Crippen molar-refractivity contribution in [2.45, 2.75) is 13.8 Å². The topological polar surface area (TPSA) is 68.7 Å². The molecular weight excluding hydrogens is 246 g/mol. The Balaban J connectivity index is 2.46. The largest absolute Gasteiger partial charge is 0.494 e. The molecule has 0 atom stereocenters. The highest BCUT2D eigenvalue weighted by Gasteiger charge is 2.08. The summed E-state index contributed by atoms with van der Waals surface area (Å²) in [4.78, 5) is 15.0. The zero-order valence-corrected chi connectivity index (χ0v) is 10.8. The first-order chi connectivity index (χ1) is 9.10. The zero-order chi connectivity index (χ0) is 13.8. The van der Waals surface area contributed by atoms with E-state index in [1.165, 1.54) is 0 Å². The molecule has 1 aromatic heterocycles. The van der Waals surface area contributed by atoms with Crippen LogP contribution in [0.25, 0.3) is 10.9 Å². The van der Waals surface area contributed by atoms with Gasteiger partial charge in [0.2, 0.25) is 0 Å². The van der Waals surface area contributed by atoms with Gasteiger partial charge < -0.3 is 14.6 Å². The van der Waals surface area contributed by atoms with Crippen LogP contribution in [-0.4, -0.2) is 29.3 Å². The van der Waals surface area contributed by atoms with Gasteiger partial charge in [-0.25, -0.2) is 4.79 Å². The lowest BCUT2D eigenvalue weighted by molar-refractivity contribution is -0.139. The molecule has 5 heteroatoms. The number of carboxylic acid groups (broad SMARTS) is 1. The lowest BCUT2D eigenvalue weighted by Gasteiger charge is -2.10. The second-order valence-corrected chi connectivity index (χ2v) is 4.06. The molecule has 0 amide bonds. The Kier molecular flexibility index (Phi) is 3.85. The van der Waals surface area contributed by atoms with E-state index in [0.29, 0.717) is 18.1 Å². The normalized spacial score (nSPS) is 10.4. The quantitative estimate of drug-likeness (QED) is 0.895. The molecule has 0 aliphatic heterocycles. The van der Waals surface area contributed by atoms with E-state index in [0.717, 1.165) is 16.6 Å². The molecule has 5 nitrogen and oxygen atoms in total. The fraction of sp³-hybridized carbons (Fsp3) is 0.286. The van der Waals surface area contributed by atoms with Gasteiger partial charge in [-0.1, -0.05) is 0 Å². The summed E-state index contributed by atoms with van der Waals surface area (Å²) in [5.74, 6) is 0.204. The molecule has 100 valence electrons. The van der Waals surface area contributed by atoms with Crippen LogP contribution in [0.2, 0.25) is 0 Å². The molecule has 0 bridgehead atoms. The molecule has 0 fully saturated rings. The fourth-order valence-electron chi connectivity index (χ4n) is 1.82. The Hall–Kier alpha value is -2.30. The number of aromatic nitrogens is 1. The van der Waals surface area contributed by atoms with Gasteiger partial charge >= 0.3 is 5.97 Å². The molecule has 0 aliphatic rings. The van der Waals surface area contributed by atoms with Gasteiger partial charge in [0.1, 0.15) is 11.5 Å². The van der Waals surface area contributed by atoms with Crippen LogP contribution in [0.5, 0.6) is 11.5 Å². The van der Waals surface area contributed by atoms with Crippen LogP contribution in [0.3, 0.4) is 0 Å². The maximum absolute atomic E-state index is 10.6. The van der Waals surface area contributed by atoms with E-state index in [1.807, 2.05) is 32.0 Å². The van der Waals surface area contributed by atoms with Crippen LogP contribution in [0, 0.1) is 6.92 Å². The molecule has 2 aromatic rings. The smallest absolute Gasteiger partial charge is 0.341 e. The Morgan fingerprint density at radius 2 is 2.11 bits per heavy atom. The molecule has 0 aliphatic carbocycles. The van der Waals surface area contributed by atoms with E-state index in [1.54, 1.807) is 6.07 Å². The molecule has 1 aromatic carbocycles. The number of nitrogens with zero attached hydrogens (tertiary/aromatic N) is 1. The number of carbonyl (C=O) groups is 1. The molecular formula is C14H15NO4.